The van der Waals surface area contributed by atoms with E-state index >= 15 is 0 Å². The predicted octanol–water partition coefficient (Wildman–Crippen LogP) is 3.67. The lowest BCUT2D eigenvalue weighted by Gasteiger charge is -2.29. The molecule has 1 N–H and O–H groups in total. The number of aliphatic imine (C=N–C) groups is 1. The average Bonchev–Trinajstić information content (AvgIpc) is 3.24. The third kappa shape index (κ3) is 4.25. The van der Waals surface area contributed by atoms with Crippen LogP contribution in [-0.4, -0.2) is 50.8 Å². The summed E-state index contributed by atoms with van der Waals surface area (Å²) < 4.78 is 5.37. The Morgan fingerprint density at radius 3 is 2.38 bits per heavy atom. The number of likely N-dealkylation sites (tertiary alicyclic amines) is 1. The number of nitrogens with zero attached hydrogens (tertiary/aromatic N) is 2. The van der Waals surface area contributed by atoms with Gasteiger partial charge in [-0.15, -0.1) is 0 Å². The topological polar surface area (TPSA) is 36.9 Å². The van der Waals surface area contributed by atoms with Crippen LogP contribution in [0.3, 0.4) is 0 Å². The Balaban J connectivity index is 1.64. The highest BCUT2D eigenvalue weighted by molar-refractivity contribution is 5.80. The van der Waals surface area contributed by atoms with Crippen molar-refractivity contribution in [1.29, 1.82) is 0 Å². The molecule has 1 heterocycles. The van der Waals surface area contributed by atoms with E-state index in [0.29, 0.717) is 5.41 Å². The molecular weight excluding hydrogens is 298 g/mol. The Labute approximate surface area is 148 Å². The van der Waals surface area contributed by atoms with Gasteiger partial charge in [-0.25, -0.2) is 0 Å². The van der Waals surface area contributed by atoms with Gasteiger partial charge < -0.3 is 15.0 Å². The van der Waals surface area contributed by atoms with E-state index in [1.165, 1.54) is 70.4 Å². The molecule has 2 aliphatic carbocycles. The van der Waals surface area contributed by atoms with E-state index in [1.54, 1.807) is 0 Å². The molecule has 2 unspecified atom stereocenters. The zero-order valence-electron chi connectivity index (χ0n) is 15.9. The van der Waals surface area contributed by atoms with E-state index in [-0.39, 0.29) is 0 Å². The molecule has 24 heavy (non-hydrogen) atoms. The number of hydrogen-bond donors (Lipinski definition) is 1. The van der Waals surface area contributed by atoms with Crippen molar-refractivity contribution in [3.8, 4) is 0 Å². The minimum absolute atomic E-state index is 0.392. The van der Waals surface area contributed by atoms with Gasteiger partial charge in [-0.3, -0.25) is 4.99 Å². The van der Waals surface area contributed by atoms with Gasteiger partial charge in [-0.05, 0) is 56.3 Å². The van der Waals surface area contributed by atoms with Crippen molar-refractivity contribution >= 4 is 5.96 Å². The summed E-state index contributed by atoms with van der Waals surface area (Å²) in [5.74, 6) is 3.00. The van der Waals surface area contributed by atoms with E-state index in [4.69, 9.17) is 9.73 Å². The molecule has 0 radical (unpaired) electrons. The second kappa shape index (κ2) is 8.55. The quantitative estimate of drug-likeness (QED) is 0.594. The highest BCUT2D eigenvalue weighted by Crippen LogP contribution is 2.41. The first kappa shape index (κ1) is 18.0. The first-order chi connectivity index (χ1) is 11.8. The van der Waals surface area contributed by atoms with E-state index in [1.807, 2.05) is 7.11 Å². The molecule has 0 bridgehead atoms. The molecule has 2 atom stereocenters. The number of guanidine groups is 1. The number of methoxy groups -OCH3 is 1. The predicted molar refractivity (Wildman–Crippen MR) is 100 cm³/mol. The SMILES string of the molecule is CCNC(=NCC1(CCOC)CCCC1)N1CC2CCCCC2C1. The van der Waals surface area contributed by atoms with Crippen LogP contribution in [0.4, 0.5) is 0 Å². The van der Waals surface area contributed by atoms with Crippen LogP contribution >= 0.6 is 0 Å². The summed E-state index contributed by atoms with van der Waals surface area (Å²) >= 11 is 0. The Bertz CT molecular complexity index is 403. The maximum atomic E-state index is 5.37. The molecule has 138 valence electrons. The minimum atomic E-state index is 0.392. The van der Waals surface area contributed by atoms with Crippen molar-refractivity contribution in [2.45, 2.75) is 64.7 Å². The van der Waals surface area contributed by atoms with Gasteiger partial charge in [-0.2, -0.15) is 0 Å². The van der Waals surface area contributed by atoms with E-state index < -0.39 is 0 Å². The van der Waals surface area contributed by atoms with Gasteiger partial charge in [0.15, 0.2) is 5.96 Å². The van der Waals surface area contributed by atoms with Crippen molar-refractivity contribution in [3.63, 3.8) is 0 Å². The van der Waals surface area contributed by atoms with E-state index in [2.05, 4.69) is 17.1 Å². The molecule has 0 spiro atoms. The fraction of sp³-hybridized carbons (Fsp3) is 0.950. The number of rotatable bonds is 6. The second-order valence-corrected chi connectivity index (χ2v) is 8.33. The largest absolute Gasteiger partial charge is 0.385 e. The van der Waals surface area contributed by atoms with Crippen LogP contribution in [0.5, 0.6) is 0 Å². The molecule has 0 aromatic carbocycles. The van der Waals surface area contributed by atoms with Crippen molar-refractivity contribution in [2.24, 2.45) is 22.2 Å². The van der Waals surface area contributed by atoms with Gasteiger partial charge in [0.2, 0.25) is 0 Å². The van der Waals surface area contributed by atoms with Crippen LogP contribution in [0.2, 0.25) is 0 Å². The zero-order valence-corrected chi connectivity index (χ0v) is 15.9. The summed E-state index contributed by atoms with van der Waals surface area (Å²) in [5, 5.41) is 3.58. The first-order valence-corrected chi connectivity index (χ1v) is 10.3. The van der Waals surface area contributed by atoms with Crippen molar-refractivity contribution in [1.82, 2.24) is 10.2 Å². The molecule has 0 amide bonds. The monoisotopic (exact) mass is 335 g/mol. The Kier molecular flexibility index (Phi) is 6.43. The molecular formula is C20H37N3O. The molecule has 1 saturated heterocycles. The maximum Gasteiger partial charge on any atom is 0.193 e. The average molecular weight is 336 g/mol. The van der Waals surface area contributed by atoms with Crippen molar-refractivity contribution < 1.29 is 4.74 Å². The summed E-state index contributed by atoms with van der Waals surface area (Å²) in [6, 6.07) is 0. The van der Waals surface area contributed by atoms with Gasteiger partial charge in [0, 0.05) is 39.9 Å². The molecule has 3 fully saturated rings. The van der Waals surface area contributed by atoms with Crippen LogP contribution in [0.15, 0.2) is 4.99 Å². The Morgan fingerprint density at radius 2 is 1.79 bits per heavy atom. The van der Waals surface area contributed by atoms with Crippen LogP contribution in [0.1, 0.15) is 64.7 Å². The van der Waals surface area contributed by atoms with E-state index in [0.717, 1.165) is 38.0 Å². The maximum absolute atomic E-state index is 5.37. The number of fused-ring (bicyclic) bond motifs is 1. The number of ether oxygens (including phenoxy) is 1. The molecule has 1 aliphatic heterocycles. The Hall–Kier alpha value is -0.770. The summed E-state index contributed by atoms with van der Waals surface area (Å²) in [4.78, 5) is 7.70. The standard InChI is InChI=1S/C20H37N3O/c1-3-21-19(23-14-17-8-4-5-9-18(17)15-23)22-16-20(12-13-24-2)10-6-7-11-20/h17-18H,3-16H2,1-2H3,(H,21,22). The lowest BCUT2D eigenvalue weighted by Crippen LogP contribution is -2.41. The van der Waals surface area contributed by atoms with Gasteiger partial charge in [0.1, 0.15) is 0 Å². The van der Waals surface area contributed by atoms with Gasteiger partial charge >= 0.3 is 0 Å². The molecule has 0 aromatic rings. The highest BCUT2D eigenvalue weighted by Gasteiger charge is 2.37. The molecule has 2 saturated carbocycles. The fourth-order valence-corrected chi connectivity index (χ4v) is 5.18. The van der Waals surface area contributed by atoms with Crippen LogP contribution in [0.25, 0.3) is 0 Å². The fourth-order valence-electron chi connectivity index (χ4n) is 5.18. The van der Waals surface area contributed by atoms with Gasteiger partial charge in [-0.1, -0.05) is 25.7 Å². The molecule has 4 heteroatoms. The van der Waals surface area contributed by atoms with Crippen LogP contribution in [-0.2, 0) is 4.74 Å². The van der Waals surface area contributed by atoms with Gasteiger partial charge in [0.25, 0.3) is 0 Å². The molecule has 3 rings (SSSR count). The summed E-state index contributed by atoms with van der Waals surface area (Å²) in [7, 11) is 1.82. The molecule has 0 aromatic heterocycles. The minimum Gasteiger partial charge on any atom is -0.385 e. The number of nitrogens with one attached hydrogen (secondary N) is 1. The van der Waals surface area contributed by atoms with Gasteiger partial charge in [0.05, 0.1) is 0 Å². The number of hydrogen-bond acceptors (Lipinski definition) is 2. The van der Waals surface area contributed by atoms with Crippen molar-refractivity contribution in [3.05, 3.63) is 0 Å². The third-order valence-electron chi connectivity index (χ3n) is 6.68. The normalized spacial score (nSPS) is 29.8. The second-order valence-electron chi connectivity index (χ2n) is 8.33. The smallest absolute Gasteiger partial charge is 0.193 e. The summed E-state index contributed by atoms with van der Waals surface area (Å²) in [6.07, 6.45) is 12.3. The van der Waals surface area contributed by atoms with Crippen molar-refractivity contribution in [2.75, 3.05) is 39.9 Å². The lowest BCUT2D eigenvalue weighted by atomic mass is 9.82. The molecule has 3 aliphatic rings. The summed E-state index contributed by atoms with van der Waals surface area (Å²) in [5.41, 5.74) is 0.392. The Morgan fingerprint density at radius 1 is 1.12 bits per heavy atom. The summed E-state index contributed by atoms with van der Waals surface area (Å²) in [6.45, 7) is 7.46. The first-order valence-electron chi connectivity index (χ1n) is 10.3. The third-order valence-corrected chi connectivity index (χ3v) is 6.68. The lowest BCUT2D eigenvalue weighted by molar-refractivity contribution is 0.141. The van der Waals surface area contributed by atoms with Crippen LogP contribution in [0, 0.1) is 17.3 Å². The molecule has 4 nitrogen and oxygen atoms in total. The highest BCUT2D eigenvalue weighted by atomic mass is 16.5. The zero-order chi connectivity index (χ0) is 16.8. The van der Waals surface area contributed by atoms with Crippen LogP contribution < -0.4 is 5.32 Å². The van der Waals surface area contributed by atoms with E-state index in [9.17, 15) is 0 Å².